The number of halogens is 1. The quantitative estimate of drug-likeness (QED) is 0.909. The molecule has 0 aliphatic heterocycles. The van der Waals surface area contributed by atoms with Crippen molar-refractivity contribution in [1.82, 2.24) is 9.78 Å². The minimum atomic E-state index is -0.0905. The van der Waals surface area contributed by atoms with Crippen molar-refractivity contribution >= 4 is 11.6 Å². The molecule has 1 aromatic heterocycles. The first-order chi connectivity index (χ1) is 8.06. The number of hydrogen-bond donors (Lipinski definition) is 1. The minimum Gasteiger partial charge on any atom is -0.324 e. The van der Waals surface area contributed by atoms with Gasteiger partial charge in [0.1, 0.15) is 0 Å². The lowest BCUT2D eigenvalue weighted by molar-refractivity contribution is 0.719. The van der Waals surface area contributed by atoms with Gasteiger partial charge in [0.2, 0.25) is 0 Å². The summed E-state index contributed by atoms with van der Waals surface area (Å²) in [6.45, 7) is 2.02. The van der Waals surface area contributed by atoms with E-state index in [0.29, 0.717) is 0 Å². The second kappa shape index (κ2) is 4.90. The fourth-order valence-electron chi connectivity index (χ4n) is 1.87. The average Bonchev–Trinajstić information content (AvgIpc) is 2.63. The van der Waals surface area contributed by atoms with Crippen LogP contribution in [0.5, 0.6) is 0 Å². The maximum absolute atomic E-state index is 6.19. The Bertz CT molecular complexity index is 519. The summed E-state index contributed by atoms with van der Waals surface area (Å²) in [5.74, 6) is 0. The molecule has 17 heavy (non-hydrogen) atoms. The van der Waals surface area contributed by atoms with Crippen LogP contribution in [0.15, 0.2) is 30.6 Å². The molecular formula is C13H16ClN3. The molecule has 0 fully saturated rings. The molecule has 0 aliphatic carbocycles. The summed E-state index contributed by atoms with van der Waals surface area (Å²) in [5.41, 5.74) is 9.42. The first-order valence-corrected chi connectivity index (χ1v) is 5.93. The van der Waals surface area contributed by atoms with Gasteiger partial charge in [-0.1, -0.05) is 23.7 Å². The van der Waals surface area contributed by atoms with Gasteiger partial charge in [0.05, 0.1) is 6.20 Å². The van der Waals surface area contributed by atoms with E-state index < -0.39 is 0 Å². The smallest absolute Gasteiger partial charge is 0.0522 e. The fourth-order valence-corrected chi connectivity index (χ4v) is 2.25. The zero-order chi connectivity index (χ0) is 12.4. The predicted molar refractivity (Wildman–Crippen MR) is 70.0 cm³/mol. The Kier molecular flexibility index (Phi) is 3.50. The molecule has 0 spiro atoms. The van der Waals surface area contributed by atoms with Crippen molar-refractivity contribution < 1.29 is 0 Å². The molecular weight excluding hydrogens is 234 g/mol. The topological polar surface area (TPSA) is 43.8 Å². The number of aromatic nitrogens is 2. The predicted octanol–water partition coefficient (Wildman–Crippen LogP) is 2.62. The van der Waals surface area contributed by atoms with Gasteiger partial charge < -0.3 is 5.73 Å². The van der Waals surface area contributed by atoms with Gasteiger partial charge in [-0.2, -0.15) is 5.10 Å². The third-order valence-corrected chi connectivity index (χ3v) is 3.10. The second-order valence-corrected chi connectivity index (χ2v) is 4.77. The van der Waals surface area contributed by atoms with Gasteiger partial charge in [-0.25, -0.2) is 0 Å². The third kappa shape index (κ3) is 2.87. The lowest BCUT2D eigenvalue weighted by atomic mass is 10.0. The molecule has 3 nitrogen and oxygen atoms in total. The first kappa shape index (κ1) is 12.1. The van der Waals surface area contributed by atoms with E-state index in [2.05, 4.69) is 5.10 Å². The molecule has 2 N–H and O–H groups in total. The van der Waals surface area contributed by atoms with Crippen molar-refractivity contribution in [3.05, 3.63) is 52.3 Å². The lowest BCUT2D eigenvalue weighted by Crippen LogP contribution is -2.13. The summed E-state index contributed by atoms with van der Waals surface area (Å²) in [4.78, 5) is 0. The van der Waals surface area contributed by atoms with Crippen molar-refractivity contribution in [2.75, 3.05) is 0 Å². The van der Waals surface area contributed by atoms with Crippen molar-refractivity contribution in [3.63, 3.8) is 0 Å². The number of hydrogen-bond acceptors (Lipinski definition) is 2. The van der Waals surface area contributed by atoms with Crippen LogP contribution in [0.2, 0.25) is 5.02 Å². The highest BCUT2D eigenvalue weighted by atomic mass is 35.5. The van der Waals surface area contributed by atoms with Crippen LogP contribution < -0.4 is 5.73 Å². The average molecular weight is 250 g/mol. The van der Waals surface area contributed by atoms with Crippen LogP contribution in [0.1, 0.15) is 22.7 Å². The van der Waals surface area contributed by atoms with Gasteiger partial charge in [-0.15, -0.1) is 0 Å². The number of nitrogens with two attached hydrogens (primary N) is 1. The van der Waals surface area contributed by atoms with Gasteiger partial charge in [-0.05, 0) is 36.1 Å². The maximum Gasteiger partial charge on any atom is 0.0522 e. The van der Waals surface area contributed by atoms with Gasteiger partial charge in [0.15, 0.2) is 0 Å². The van der Waals surface area contributed by atoms with Gasteiger partial charge in [0.25, 0.3) is 0 Å². The van der Waals surface area contributed by atoms with Crippen molar-refractivity contribution in [2.24, 2.45) is 12.8 Å². The summed E-state index contributed by atoms with van der Waals surface area (Å²) < 4.78 is 1.78. The summed E-state index contributed by atoms with van der Waals surface area (Å²) in [6.07, 6.45) is 4.56. The fraction of sp³-hybridized carbons (Fsp3) is 0.308. The molecule has 1 heterocycles. The molecule has 1 atom stereocenters. The lowest BCUT2D eigenvalue weighted by Gasteiger charge is -2.13. The molecule has 1 unspecified atom stereocenters. The van der Waals surface area contributed by atoms with Gasteiger partial charge in [0, 0.05) is 24.3 Å². The van der Waals surface area contributed by atoms with Gasteiger partial charge >= 0.3 is 0 Å². The van der Waals surface area contributed by atoms with E-state index in [0.717, 1.165) is 28.1 Å². The summed E-state index contributed by atoms with van der Waals surface area (Å²) in [7, 11) is 1.90. The van der Waals surface area contributed by atoms with Crippen molar-refractivity contribution in [1.29, 1.82) is 0 Å². The second-order valence-electron chi connectivity index (χ2n) is 4.36. The Hall–Kier alpha value is -1.32. The van der Waals surface area contributed by atoms with Crippen LogP contribution in [-0.2, 0) is 13.5 Å². The van der Waals surface area contributed by atoms with Crippen LogP contribution in [0.25, 0.3) is 0 Å². The SMILES string of the molecule is Cc1ccc(C(N)Cc2cnn(C)c2)c(Cl)c1. The van der Waals surface area contributed by atoms with E-state index in [1.807, 2.05) is 44.6 Å². The van der Waals surface area contributed by atoms with E-state index in [1.54, 1.807) is 4.68 Å². The molecule has 1 aromatic carbocycles. The number of rotatable bonds is 3. The molecule has 90 valence electrons. The molecule has 0 amide bonds. The molecule has 4 heteroatoms. The molecule has 0 saturated heterocycles. The minimum absolute atomic E-state index is 0.0905. The van der Waals surface area contributed by atoms with Crippen LogP contribution in [0.3, 0.4) is 0 Å². The van der Waals surface area contributed by atoms with E-state index in [-0.39, 0.29) is 6.04 Å². The maximum atomic E-state index is 6.19. The monoisotopic (exact) mass is 249 g/mol. The number of nitrogens with zero attached hydrogens (tertiary/aromatic N) is 2. The Morgan fingerprint density at radius 1 is 1.47 bits per heavy atom. The largest absolute Gasteiger partial charge is 0.324 e. The molecule has 2 aromatic rings. The molecule has 0 aliphatic rings. The van der Waals surface area contributed by atoms with Crippen LogP contribution in [-0.4, -0.2) is 9.78 Å². The van der Waals surface area contributed by atoms with Crippen molar-refractivity contribution in [3.8, 4) is 0 Å². The molecule has 0 saturated carbocycles. The van der Waals surface area contributed by atoms with E-state index in [4.69, 9.17) is 17.3 Å². The first-order valence-electron chi connectivity index (χ1n) is 5.55. The molecule has 2 rings (SSSR count). The van der Waals surface area contributed by atoms with E-state index >= 15 is 0 Å². The zero-order valence-electron chi connectivity index (χ0n) is 10.0. The standard InChI is InChI=1S/C13H16ClN3/c1-9-3-4-11(12(14)5-9)13(15)6-10-7-16-17(2)8-10/h3-5,7-8,13H,6,15H2,1-2H3. The van der Waals surface area contributed by atoms with Crippen LogP contribution in [0, 0.1) is 6.92 Å². The number of aryl methyl sites for hydroxylation is 2. The number of benzene rings is 1. The Balaban J connectivity index is 2.17. The van der Waals surface area contributed by atoms with Crippen molar-refractivity contribution in [2.45, 2.75) is 19.4 Å². The summed E-state index contributed by atoms with van der Waals surface area (Å²) >= 11 is 6.19. The Morgan fingerprint density at radius 3 is 2.82 bits per heavy atom. The summed E-state index contributed by atoms with van der Waals surface area (Å²) in [5, 5.41) is 4.87. The Labute approximate surface area is 106 Å². The molecule has 0 bridgehead atoms. The normalized spacial score (nSPS) is 12.7. The van der Waals surface area contributed by atoms with Crippen LogP contribution >= 0.6 is 11.6 Å². The van der Waals surface area contributed by atoms with Crippen LogP contribution in [0.4, 0.5) is 0 Å². The highest BCUT2D eigenvalue weighted by molar-refractivity contribution is 6.31. The zero-order valence-corrected chi connectivity index (χ0v) is 10.8. The van der Waals surface area contributed by atoms with E-state index in [1.165, 1.54) is 0 Å². The third-order valence-electron chi connectivity index (χ3n) is 2.77. The summed E-state index contributed by atoms with van der Waals surface area (Å²) in [6, 6.07) is 5.88. The molecule has 0 radical (unpaired) electrons. The Morgan fingerprint density at radius 2 is 2.24 bits per heavy atom. The highest BCUT2D eigenvalue weighted by Gasteiger charge is 2.11. The van der Waals surface area contributed by atoms with Gasteiger partial charge in [-0.3, -0.25) is 4.68 Å². The van der Waals surface area contributed by atoms with E-state index in [9.17, 15) is 0 Å². The highest BCUT2D eigenvalue weighted by Crippen LogP contribution is 2.24.